The van der Waals surface area contributed by atoms with Gasteiger partial charge >= 0.3 is 0 Å². The summed E-state index contributed by atoms with van der Waals surface area (Å²) in [6.07, 6.45) is 7.40. The zero-order valence-electron chi connectivity index (χ0n) is 20.0. The molecular formula is C27H37N3O4. The number of benzene rings is 1. The number of amides is 2. The van der Waals surface area contributed by atoms with Crippen molar-refractivity contribution in [2.75, 3.05) is 32.9 Å². The Bertz CT molecular complexity index is 858. The van der Waals surface area contributed by atoms with Crippen LogP contribution >= 0.6 is 0 Å². The van der Waals surface area contributed by atoms with E-state index in [-0.39, 0.29) is 24.2 Å². The highest BCUT2D eigenvalue weighted by molar-refractivity contribution is 5.87. The summed E-state index contributed by atoms with van der Waals surface area (Å²) in [6, 6.07) is 12.3. The molecule has 7 heteroatoms. The van der Waals surface area contributed by atoms with Crippen molar-refractivity contribution in [1.29, 1.82) is 5.26 Å². The van der Waals surface area contributed by atoms with Crippen molar-refractivity contribution >= 4 is 11.8 Å². The van der Waals surface area contributed by atoms with E-state index in [0.29, 0.717) is 51.9 Å². The fourth-order valence-corrected chi connectivity index (χ4v) is 5.32. The SMILES string of the molecule is N#C[C@]1(NC(=O)[C@@H](CC(=O)N2CCOCC2)CC2CCCCC2)CC1COCc1ccccc1. The molecule has 2 amide bonds. The standard InChI is InChI=1S/C27H37N3O4/c28-20-27(17-24(27)19-34-18-22-9-5-2-6-10-22)29-26(32)23(15-21-7-3-1-4-8-21)16-25(31)30-11-13-33-14-12-30/h2,5-6,9-10,21,23-24H,1,3-4,7-8,11-19H2,(H,29,32)/t23-,24?,27-/m1/s1. The van der Waals surface area contributed by atoms with Crippen molar-refractivity contribution < 1.29 is 19.1 Å². The van der Waals surface area contributed by atoms with Crippen molar-refractivity contribution in [2.45, 2.75) is 63.5 Å². The minimum Gasteiger partial charge on any atom is -0.378 e. The molecule has 1 heterocycles. The molecule has 1 aromatic rings. The highest BCUT2D eigenvalue weighted by atomic mass is 16.5. The van der Waals surface area contributed by atoms with E-state index in [2.05, 4.69) is 11.4 Å². The Kier molecular flexibility index (Phi) is 8.58. The maximum Gasteiger partial charge on any atom is 0.224 e. The van der Waals surface area contributed by atoms with Gasteiger partial charge in [0.25, 0.3) is 0 Å². The average molecular weight is 468 g/mol. The molecule has 3 fully saturated rings. The lowest BCUT2D eigenvalue weighted by molar-refractivity contribution is -0.140. The van der Waals surface area contributed by atoms with Crippen molar-refractivity contribution in [1.82, 2.24) is 10.2 Å². The zero-order chi connectivity index (χ0) is 23.8. The molecule has 7 nitrogen and oxygen atoms in total. The third-order valence-corrected chi connectivity index (χ3v) is 7.58. The Morgan fingerprint density at radius 3 is 2.62 bits per heavy atom. The van der Waals surface area contributed by atoms with Crippen LogP contribution in [0.1, 0.15) is 56.9 Å². The van der Waals surface area contributed by atoms with Crippen molar-refractivity contribution in [3.05, 3.63) is 35.9 Å². The van der Waals surface area contributed by atoms with Gasteiger partial charge in [0.2, 0.25) is 11.8 Å². The number of carbonyl (C=O) groups excluding carboxylic acids is 2. The number of hydrogen-bond acceptors (Lipinski definition) is 5. The fourth-order valence-electron chi connectivity index (χ4n) is 5.32. The number of nitrogens with one attached hydrogen (secondary N) is 1. The second kappa shape index (κ2) is 11.8. The number of nitrogens with zero attached hydrogens (tertiary/aromatic N) is 2. The van der Waals surface area contributed by atoms with E-state index in [1.54, 1.807) is 0 Å². The van der Waals surface area contributed by atoms with Gasteiger partial charge in [-0.3, -0.25) is 9.59 Å². The molecule has 1 aromatic carbocycles. The first-order chi connectivity index (χ1) is 16.6. The first-order valence-electron chi connectivity index (χ1n) is 12.8. The summed E-state index contributed by atoms with van der Waals surface area (Å²) in [4.78, 5) is 28.2. The molecule has 1 aliphatic heterocycles. The maximum atomic E-state index is 13.4. The lowest BCUT2D eigenvalue weighted by atomic mass is 9.81. The number of nitriles is 1. The highest BCUT2D eigenvalue weighted by Gasteiger charge is 2.56. The van der Waals surface area contributed by atoms with Crippen LogP contribution in [0.5, 0.6) is 0 Å². The molecule has 34 heavy (non-hydrogen) atoms. The predicted octanol–water partition coefficient (Wildman–Crippen LogP) is 3.44. The van der Waals surface area contributed by atoms with E-state index in [9.17, 15) is 14.9 Å². The largest absolute Gasteiger partial charge is 0.378 e. The lowest BCUT2D eigenvalue weighted by Gasteiger charge is -2.30. The van der Waals surface area contributed by atoms with Crippen LogP contribution in [0.15, 0.2) is 30.3 Å². The highest BCUT2D eigenvalue weighted by Crippen LogP contribution is 2.44. The molecule has 3 aliphatic rings. The van der Waals surface area contributed by atoms with E-state index >= 15 is 0 Å². The van der Waals surface area contributed by atoms with Gasteiger partial charge in [-0.25, -0.2) is 0 Å². The normalized spacial score (nSPS) is 25.9. The van der Waals surface area contributed by atoms with Gasteiger partial charge in [0.1, 0.15) is 5.54 Å². The van der Waals surface area contributed by atoms with Gasteiger partial charge < -0.3 is 19.7 Å². The van der Waals surface area contributed by atoms with E-state index in [1.165, 1.54) is 19.3 Å². The molecule has 0 bridgehead atoms. The minimum atomic E-state index is -0.874. The first-order valence-corrected chi connectivity index (χ1v) is 12.8. The van der Waals surface area contributed by atoms with Gasteiger partial charge in [0.15, 0.2) is 0 Å². The van der Waals surface area contributed by atoms with Crippen LogP contribution in [-0.4, -0.2) is 55.2 Å². The predicted molar refractivity (Wildman–Crippen MR) is 127 cm³/mol. The van der Waals surface area contributed by atoms with Gasteiger partial charge in [0, 0.05) is 31.3 Å². The minimum absolute atomic E-state index is 0.0174. The molecular weight excluding hydrogens is 430 g/mol. The molecule has 1 unspecified atom stereocenters. The van der Waals surface area contributed by atoms with Gasteiger partial charge in [0.05, 0.1) is 32.5 Å². The Hall–Kier alpha value is -2.43. The number of hydrogen-bond donors (Lipinski definition) is 1. The number of carbonyl (C=O) groups is 2. The summed E-state index contributed by atoms with van der Waals surface area (Å²) >= 11 is 0. The van der Waals surface area contributed by atoms with Crippen LogP contribution in [0, 0.1) is 29.1 Å². The molecule has 4 rings (SSSR count). The van der Waals surface area contributed by atoms with Crippen LogP contribution in [0.3, 0.4) is 0 Å². The fraction of sp³-hybridized carbons (Fsp3) is 0.667. The number of ether oxygens (including phenoxy) is 2. The summed E-state index contributed by atoms with van der Waals surface area (Å²) in [6.45, 7) is 3.19. The third kappa shape index (κ3) is 6.58. The molecule has 1 saturated heterocycles. The second-order valence-corrected chi connectivity index (χ2v) is 10.1. The Morgan fingerprint density at radius 1 is 1.18 bits per heavy atom. The zero-order valence-corrected chi connectivity index (χ0v) is 20.0. The van der Waals surface area contributed by atoms with E-state index < -0.39 is 11.5 Å². The molecule has 3 atom stereocenters. The molecule has 2 aliphatic carbocycles. The molecule has 0 radical (unpaired) electrons. The average Bonchev–Trinajstić information content (AvgIpc) is 3.57. The Morgan fingerprint density at radius 2 is 1.91 bits per heavy atom. The van der Waals surface area contributed by atoms with Crippen LogP contribution in [-0.2, 0) is 25.7 Å². The van der Waals surface area contributed by atoms with Crippen LogP contribution in [0.25, 0.3) is 0 Å². The van der Waals surface area contributed by atoms with Gasteiger partial charge in [-0.1, -0.05) is 62.4 Å². The smallest absolute Gasteiger partial charge is 0.224 e. The third-order valence-electron chi connectivity index (χ3n) is 7.58. The quantitative estimate of drug-likeness (QED) is 0.569. The molecule has 0 spiro atoms. The number of morpholine rings is 1. The van der Waals surface area contributed by atoms with E-state index in [0.717, 1.165) is 24.8 Å². The van der Waals surface area contributed by atoms with Crippen molar-refractivity contribution in [2.24, 2.45) is 17.8 Å². The Labute approximate surface area is 202 Å². The first kappa shape index (κ1) is 24.7. The Balaban J connectivity index is 1.33. The number of rotatable bonds is 10. The summed E-state index contributed by atoms with van der Waals surface area (Å²) in [7, 11) is 0. The second-order valence-electron chi connectivity index (χ2n) is 10.1. The molecule has 2 saturated carbocycles. The van der Waals surface area contributed by atoms with Gasteiger partial charge in [-0.2, -0.15) is 5.26 Å². The van der Waals surface area contributed by atoms with Crippen molar-refractivity contribution in [3.63, 3.8) is 0 Å². The van der Waals surface area contributed by atoms with Crippen molar-refractivity contribution in [3.8, 4) is 6.07 Å². The molecule has 0 aromatic heterocycles. The van der Waals surface area contributed by atoms with E-state index in [1.807, 2.05) is 35.2 Å². The molecule has 184 valence electrons. The summed E-state index contributed by atoms with van der Waals surface area (Å²) in [5.41, 5.74) is 0.213. The topological polar surface area (TPSA) is 91.7 Å². The monoisotopic (exact) mass is 467 g/mol. The maximum absolute atomic E-state index is 13.4. The van der Waals surface area contributed by atoms with Crippen LogP contribution in [0.2, 0.25) is 0 Å². The van der Waals surface area contributed by atoms with Gasteiger partial charge in [-0.05, 0) is 24.3 Å². The summed E-state index contributed by atoms with van der Waals surface area (Å²) in [5, 5.41) is 12.9. The molecule has 1 N–H and O–H groups in total. The van der Waals surface area contributed by atoms with Gasteiger partial charge in [-0.15, -0.1) is 0 Å². The summed E-state index contributed by atoms with van der Waals surface area (Å²) in [5.74, 6) is -0.0714. The van der Waals surface area contributed by atoms with Crippen LogP contribution in [0.4, 0.5) is 0 Å². The van der Waals surface area contributed by atoms with Crippen LogP contribution < -0.4 is 5.32 Å². The van der Waals surface area contributed by atoms with E-state index in [4.69, 9.17) is 9.47 Å². The lowest BCUT2D eigenvalue weighted by Crippen LogP contribution is -2.46. The summed E-state index contributed by atoms with van der Waals surface area (Å²) < 4.78 is 11.2.